The molecule has 1 aliphatic rings. The molecule has 1 aliphatic carbocycles. The Morgan fingerprint density at radius 1 is 1.21 bits per heavy atom. The van der Waals surface area contributed by atoms with Gasteiger partial charge in [-0.05, 0) is 42.9 Å². The summed E-state index contributed by atoms with van der Waals surface area (Å²) in [5.41, 5.74) is 3.84. The summed E-state index contributed by atoms with van der Waals surface area (Å²) < 4.78 is 0. The number of rotatable bonds is 2. The van der Waals surface area contributed by atoms with Crippen molar-refractivity contribution in [3.63, 3.8) is 0 Å². The number of nitrogens with zero attached hydrogens (tertiary/aromatic N) is 2. The zero-order chi connectivity index (χ0) is 13.2. The third kappa shape index (κ3) is 2.46. The maximum absolute atomic E-state index is 4.45. The summed E-state index contributed by atoms with van der Waals surface area (Å²) in [5, 5.41) is 3.51. The van der Waals surface area contributed by atoms with Gasteiger partial charge in [0.05, 0.1) is 6.04 Å². The minimum atomic E-state index is 0.312. The molecule has 0 fully saturated rings. The van der Waals surface area contributed by atoms with Gasteiger partial charge in [0.25, 0.3) is 0 Å². The van der Waals surface area contributed by atoms with Crippen molar-refractivity contribution in [1.82, 2.24) is 9.97 Å². The molecule has 2 atom stereocenters. The van der Waals surface area contributed by atoms with Crippen LogP contribution < -0.4 is 5.32 Å². The molecule has 1 N–H and O–H groups in total. The molecule has 3 heteroatoms. The van der Waals surface area contributed by atoms with Crippen LogP contribution in [0.25, 0.3) is 0 Å². The summed E-state index contributed by atoms with van der Waals surface area (Å²) >= 11 is 0. The van der Waals surface area contributed by atoms with E-state index in [1.54, 1.807) is 0 Å². The molecule has 0 saturated heterocycles. The van der Waals surface area contributed by atoms with Crippen LogP contribution in [-0.4, -0.2) is 9.97 Å². The first-order valence-electron chi connectivity index (χ1n) is 6.88. The maximum Gasteiger partial charge on any atom is 0.223 e. The van der Waals surface area contributed by atoms with Gasteiger partial charge in [-0.3, -0.25) is 0 Å². The Morgan fingerprint density at radius 3 is 2.89 bits per heavy atom. The average Bonchev–Trinajstić information content (AvgIpc) is 2.42. The first-order valence-corrected chi connectivity index (χ1v) is 6.88. The van der Waals surface area contributed by atoms with Gasteiger partial charge in [0, 0.05) is 11.9 Å². The Kier molecular flexibility index (Phi) is 3.20. The van der Waals surface area contributed by atoms with Gasteiger partial charge in [-0.2, -0.15) is 0 Å². The van der Waals surface area contributed by atoms with Crippen LogP contribution in [0.15, 0.2) is 36.5 Å². The normalized spacial score (nSPS) is 21.8. The number of hydrogen-bond donors (Lipinski definition) is 1. The van der Waals surface area contributed by atoms with Crippen molar-refractivity contribution in [1.29, 1.82) is 0 Å². The largest absolute Gasteiger partial charge is 0.347 e. The van der Waals surface area contributed by atoms with Crippen molar-refractivity contribution in [3.05, 3.63) is 53.3 Å². The number of aromatic nitrogens is 2. The van der Waals surface area contributed by atoms with E-state index in [0.29, 0.717) is 12.0 Å². The first kappa shape index (κ1) is 12.2. The van der Waals surface area contributed by atoms with Gasteiger partial charge in [-0.15, -0.1) is 0 Å². The van der Waals surface area contributed by atoms with E-state index in [2.05, 4.69) is 46.5 Å². The molecular formula is C16H19N3. The molecule has 0 saturated carbocycles. The molecule has 0 aliphatic heterocycles. The third-order valence-corrected chi connectivity index (χ3v) is 3.91. The van der Waals surface area contributed by atoms with Crippen LogP contribution in [0, 0.1) is 12.8 Å². The van der Waals surface area contributed by atoms with Crippen molar-refractivity contribution in [2.45, 2.75) is 32.7 Å². The molecule has 3 nitrogen and oxygen atoms in total. The Bertz CT molecular complexity index is 580. The third-order valence-electron chi connectivity index (χ3n) is 3.91. The highest BCUT2D eigenvalue weighted by atomic mass is 15.1. The molecule has 98 valence electrons. The molecule has 2 aromatic rings. The van der Waals surface area contributed by atoms with Gasteiger partial charge in [0.2, 0.25) is 5.95 Å². The van der Waals surface area contributed by atoms with E-state index >= 15 is 0 Å². The van der Waals surface area contributed by atoms with Gasteiger partial charge in [-0.1, -0.05) is 31.2 Å². The Morgan fingerprint density at radius 2 is 2.05 bits per heavy atom. The molecule has 0 bridgehead atoms. The molecule has 1 aromatic carbocycles. The number of fused-ring (bicyclic) bond motifs is 1. The van der Waals surface area contributed by atoms with E-state index < -0.39 is 0 Å². The fourth-order valence-corrected chi connectivity index (χ4v) is 2.80. The molecule has 3 rings (SSSR count). The number of hydrogen-bond acceptors (Lipinski definition) is 3. The van der Waals surface area contributed by atoms with Crippen LogP contribution in [0.5, 0.6) is 0 Å². The van der Waals surface area contributed by atoms with E-state index in [9.17, 15) is 0 Å². The lowest BCUT2D eigenvalue weighted by molar-refractivity contribution is 0.432. The van der Waals surface area contributed by atoms with E-state index in [1.807, 2.05) is 19.2 Å². The lowest BCUT2D eigenvalue weighted by Crippen LogP contribution is -2.25. The van der Waals surface area contributed by atoms with Crippen LogP contribution in [0.3, 0.4) is 0 Å². The number of nitrogens with one attached hydrogen (secondary N) is 1. The van der Waals surface area contributed by atoms with Crippen molar-refractivity contribution in [3.8, 4) is 0 Å². The zero-order valence-corrected chi connectivity index (χ0v) is 11.4. The second-order valence-electron chi connectivity index (χ2n) is 5.36. The minimum absolute atomic E-state index is 0.312. The summed E-state index contributed by atoms with van der Waals surface area (Å²) in [6, 6.07) is 10.9. The smallest absolute Gasteiger partial charge is 0.223 e. The summed E-state index contributed by atoms with van der Waals surface area (Å²) in [7, 11) is 0. The van der Waals surface area contributed by atoms with Gasteiger partial charge in [0.15, 0.2) is 0 Å². The van der Waals surface area contributed by atoms with Crippen molar-refractivity contribution < 1.29 is 0 Å². The van der Waals surface area contributed by atoms with E-state index in [4.69, 9.17) is 0 Å². The molecule has 1 aromatic heterocycles. The summed E-state index contributed by atoms with van der Waals surface area (Å²) in [6.07, 6.45) is 4.19. The summed E-state index contributed by atoms with van der Waals surface area (Å²) in [4.78, 5) is 8.77. The van der Waals surface area contributed by atoms with Crippen molar-refractivity contribution >= 4 is 5.95 Å². The second kappa shape index (κ2) is 5.00. The highest BCUT2D eigenvalue weighted by molar-refractivity contribution is 5.39. The lowest BCUT2D eigenvalue weighted by Gasteiger charge is -2.32. The summed E-state index contributed by atoms with van der Waals surface area (Å²) in [5.74, 6) is 1.33. The van der Waals surface area contributed by atoms with Crippen molar-refractivity contribution in [2.24, 2.45) is 5.92 Å². The monoisotopic (exact) mass is 253 g/mol. The number of benzene rings is 1. The van der Waals surface area contributed by atoms with Crippen LogP contribution in [0.2, 0.25) is 0 Å². The summed E-state index contributed by atoms with van der Waals surface area (Å²) in [6.45, 7) is 4.29. The van der Waals surface area contributed by atoms with Gasteiger partial charge in [-0.25, -0.2) is 9.97 Å². The maximum atomic E-state index is 4.45. The topological polar surface area (TPSA) is 37.8 Å². The molecule has 19 heavy (non-hydrogen) atoms. The molecule has 0 spiro atoms. The van der Waals surface area contributed by atoms with Crippen LogP contribution in [-0.2, 0) is 6.42 Å². The molecular weight excluding hydrogens is 234 g/mol. The zero-order valence-electron chi connectivity index (χ0n) is 11.4. The number of aryl methyl sites for hydroxylation is 2. The SMILES string of the molecule is Cc1ccnc(NC2c3ccccc3CCC2C)n1. The standard InChI is InChI=1S/C16H19N3/c1-11-7-8-13-5-3-4-6-14(13)15(11)19-16-17-10-9-12(2)18-16/h3-6,9-11,15H,7-8H2,1-2H3,(H,17,18,19). The Labute approximate surface area is 114 Å². The number of anilines is 1. The highest BCUT2D eigenvalue weighted by Gasteiger charge is 2.26. The molecule has 1 heterocycles. The van der Waals surface area contributed by atoms with E-state index in [0.717, 1.165) is 11.6 Å². The highest BCUT2D eigenvalue weighted by Crippen LogP contribution is 2.35. The molecule has 0 amide bonds. The first-order chi connectivity index (χ1) is 9.24. The predicted molar refractivity (Wildman–Crippen MR) is 77.1 cm³/mol. The van der Waals surface area contributed by atoms with Crippen molar-refractivity contribution in [2.75, 3.05) is 5.32 Å². The van der Waals surface area contributed by atoms with Gasteiger partial charge in [0.1, 0.15) is 0 Å². The van der Waals surface area contributed by atoms with Gasteiger partial charge >= 0.3 is 0 Å². The average molecular weight is 253 g/mol. The van der Waals surface area contributed by atoms with Crippen LogP contribution >= 0.6 is 0 Å². The molecule has 0 radical (unpaired) electrons. The fraction of sp³-hybridized carbons (Fsp3) is 0.375. The van der Waals surface area contributed by atoms with Crippen LogP contribution in [0.1, 0.15) is 36.2 Å². The second-order valence-corrected chi connectivity index (χ2v) is 5.36. The van der Waals surface area contributed by atoms with E-state index in [-0.39, 0.29) is 0 Å². The van der Waals surface area contributed by atoms with Crippen LogP contribution in [0.4, 0.5) is 5.95 Å². The quantitative estimate of drug-likeness (QED) is 0.889. The lowest BCUT2D eigenvalue weighted by atomic mass is 9.81. The minimum Gasteiger partial charge on any atom is -0.347 e. The Balaban J connectivity index is 1.91. The predicted octanol–water partition coefficient (Wildman–Crippen LogP) is 3.52. The molecule has 2 unspecified atom stereocenters. The van der Waals surface area contributed by atoms with Gasteiger partial charge < -0.3 is 5.32 Å². The van der Waals surface area contributed by atoms with E-state index in [1.165, 1.54) is 24.0 Å². The fourth-order valence-electron chi connectivity index (χ4n) is 2.80. The Hall–Kier alpha value is -1.90.